The van der Waals surface area contributed by atoms with Crippen LogP contribution in [0.25, 0.3) is 16.7 Å². The van der Waals surface area contributed by atoms with Gasteiger partial charge in [0.1, 0.15) is 11.0 Å². The molecule has 8 heteroatoms. The number of carbonyl (C=O) groups is 1. The smallest absolute Gasteiger partial charge is 0.316 e. The molecule has 1 aliphatic rings. The molecule has 2 aromatic carbocycles. The zero-order valence-electron chi connectivity index (χ0n) is 18.4. The van der Waals surface area contributed by atoms with E-state index in [4.69, 9.17) is 22.1 Å². The number of nitrogens with two attached hydrogens (primary N) is 1. The number of anilines is 1. The van der Waals surface area contributed by atoms with Gasteiger partial charge in [-0.3, -0.25) is 14.8 Å². The fourth-order valence-corrected chi connectivity index (χ4v) is 3.98. The number of aromatic nitrogens is 2. The SMILES string of the molecule is CN=C(Nc1cncc(Cl)n1)C(=CN)c1ccc(-c2ccc(C3(C(=O)OC)CC3)cc2)cc1. The molecule has 168 valence electrons. The topological polar surface area (TPSA) is 102 Å². The summed E-state index contributed by atoms with van der Waals surface area (Å²) in [6.45, 7) is 0. The molecule has 0 bridgehead atoms. The maximum Gasteiger partial charge on any atom is 0.316 e. The van der Waals surface area contributed by atoms with Crippen molar-refractivity contribution in [3.8, 4) is 11.1 Å². The lowest BCUT2D eigenvalue weighted by molar-refractivity contribution is -0.143. The summed E-state index contributed by atoms with van der Waals surface area (Å²) < 4.78 is 4.98. The molecule has 3 N–H and O–H groups in total. The number of rotatable bonds is 6. The van der Waals surface area contributed by atoms with E-state index < -0.39 is 5.41 Å². The summed E-state index contributed by atoms with van der Waals surface area (Å²) in [5.74, 6) is 0.856. The number of hydrogen-bond donors (Lipinski definition) is 2. The van der Waals surface area contributed by atoms with Gasteiger partial charge in [-0.15, -0.1) is 0 Å². The Morgan fingerprint density at radius 2 is 1.76 bits per heavy atom. The van der Waals surface area contributed by atoms with Crippen LogP contribution >= 0.6 is 11.6 Å². The molecule has 1 saturated carbocycles. The number of halogens is 1. The van der Waals surface area contributed by atoms with Gasteiger partial charge in [-0.05, 0) is 35.1 Å². The molecule has 1 aliphatic carbocycles. The quantitative estimate of drug-likeness (QED) is 0.319. The van der Waals surface area contributed by atoms with E-state index in [0.29, 0.717) is 11.7 Å². The fraction of sp³-hybridized carbons (Fsp3) is 0.200. The second-order valence-electron chi connectivity index (χ2n) is 7.73. The molecule has 7 nitrogen and oxygen atoms in total. The Morgan fingerprint density at radius 1 is 1.12 bits per heavy atom. The number of nitrogens with one attached hydrogen (secondary N) is 1. The third-order valence-corrected chi connectivity index (χ3v) is 5.97. The van der Waals surface area contributed by atoms with Crippen molar-refractivity contribution in [2.45, 2.75) is 18.3 Å². The normalized spacial score (nSPS) is 15.1. The van der Waals surface area contributed by atoms with Gasteiger partial charge >= 0.3 is 5.97 Å². The Hall–Kier alpha value is -3.71. The van der Waals surface area contributed by atoms with Crippen LogP contribution in [0.3, 0.4) is 0 Å². The van der Waals surface area contributed by atoms with Crippen LogP contribution in [0.5, 0.6) is 0 Å². The van der Waals surface area contributed by atoms with Crippen LogP contribution in [0.1, 0.15) is 24.0 Å². The van der Waals surface area contributed by atoms with Crippen molar-refractivity contribution in [2.24, 2.45) is 10.7 Å². The average molecular weight is 462 g/mol. The molecule has 0 unspecified atom stereocenters. The Balaban J connectivity index is 1.53. The van der Waals surface area contributed by atoms with Gasteiger partial charge in [0, 0.05) is 18.8 Å². The van der Waals surface area contributed by atoms with Crippen molar-refractivity contribution in [2.75, 3.05) is 19.5 Å². The third-order valence-electron chi connectivity index (χ3n) is 5.79. The molecule has 0 saturated heterocycles. The van der Waals surface area contributed by atoms with Crippen molar-refractivity contribution in [1.29, 1.82) is 0 Å². The monoisotopic (exact) mass is 461 g/mol. The largest absolute Gasteiger partial charge is 0.468 e. The molecule has 0 amide bonds. The molecule has 0 atom stereocenters. The Morgan fingerprint density at radius 3 is 2.27 bits per heavy atom. The molecule has 3 aromatic rings. The lowest BCUT2D eigenvalue weighted by atomic mass is 9.93. The molecule has 1 aromatic heterocycles. The molecule has 4 rings (SSSR count). The first-order valence-electron chi connectivity index (χ1n) is 10.4. The Kier molecular flexibility index (Phi) is 6.42. The average Bonchev–Trinajstić information content (AvgIpc) is 3.66. The van der Waals surface area contributed by atoms with E-state index in [-0.39, 0.29) is 11.1 Å². The van der Waals surface area contributed by atoms with Crippen LogP contribution in [0.15, 0.2) is 72.1 Å². The van der Waals surface area contributed by atoms with Gasteiger partial charge < -0.3 is 15.8 Å². The highest BCUT2D eigenvalue weighted by atomic mass is 35.5. The summed E-state index contributed by atoms with van der Waals surface area (Å²) in [5, 5.41) is 3.39. The number of aliphatic imine (C=N–C) groups is 1. The Bertz CT molecular complexity index is 1220. The summed E-state index contributed by atoms with van der Waals surface area (Å²) >= 11 is 5.92. The predicted octanol–water partition coefficient (Wildman–Crippen LogP) is 4.44. The second kappa shape index (κ2) is 9.42. The molecular weight excluding hydrogens is 438 g/mol. The van der Waals surface area contributed by atoms with E-state index in [1.807, 2.05) is 48.5 Å². The first-order valence-corrected chi connectivity index (χ1v) is 10.8. The van der Waals surface area contributed by atoms with E-state index in [1.54, 1.807) is 13.2 Å². The van der Waals surface area contributed by atoms with Gasteiger partial charge in [0.05, 0.1) is 24.9 Å². The van der Waals surface area contributed by atoms with Gasteiger partial charge in [0.15, 0.2) is 5.82 Å². The zero-order valence-corrected chi connectivity index (χ0v) is 19.1. The van der Waals surface area contributed by atoms with Crippen LogP contribution in [0, 0.1) is 0 Å². The van der Waals surface area contributed by atoms with Crippen molar-refractivity contribution in [3.05, 3.63) is 83.4 Å². The van der Waals surface area contributed by atoms with E-state index in [0.717, 1.165) is 40.7 Å². The maximum atomic E-state index is 12.1. The van der Waals surface area contributed by atoms with Crippen molar-refractivity contribution in [1.82, 2.24) is 9.97 Å². The first-order chi connectivity index (χ1) is 16.0. The number of amidine groups is 1. The number of nitrogens with zero attached hydrogens (tertiary/aromatic N) is 3. The molecule has 0 spiro atoms. The molecule has 33 heavy (non-hydrogen) atoms. The summed E-state index contributed by atoms with van der Waals surface area (Å²) in [6, 6.07) is 16.1. The lowest BCUT2D eigenvalue weighted by Crippen LogP contribution is -2.21. The van der Waals surface area contributed by atoms with Crippen molar-refractivity contribution in [3.63, 3.8) is 0 Å². The van der Waals surface area contributed by atoms with E-state index >= 15 is 0 Å². The van der Waals surface area contributed by atoms with Gasteiger partial charge in [-0.25, -0.2) is 4.98 Å². The van der Waals surface area contributed by atoms with Gasteiger partial charge in [0.2, 0.25) is 0 Å². The fourth-order valence-electron chi connectivity index (χ4n) is 3.83. The van der Waals surface area contributed by atoms with E-state index in [9.17, 15) is 4.79 Å². The minimum Gasteiger partial charge on any atom is -0.468 e. The molecule has 0 radical (unpaired) electrons. The Labute approximate surface area is 197 Å². The minimum atomic E-state index is -0.464. The van der Waals surface area contributed by atoms with Crippen molar-refractivity contribution >= 4 is 34.8 Å². The van der Waals surface area contributed by atoms with Crippen LogP contribution < -0.4 is 11.1 Å². The lowest BCUT2D eigenvalue weighted by Gasteiger charge is -2.14. The standard InChI is InChI=1S/C25H24ClN5O2/c1-28-23(31-22-15-29-14-21(26)30-22)20(13-27)18-5-3-16(4-6-18)17-7-9-19(10-8-17)25(11-12-25)24(32)33-2/h3-10,13-15H,11-12,27H2,1-2H3,(H,28,30,31). The highest BCUT2D eigenvalue weighted by Gasteiger charge is 2.52. The van der Waals surface area contributed by atoms with Crippen LogP contribution in [-0.2, 0) is 14.9 Å². The number of methoxy groups -OCH3 is 1. The van der Waals surface area contributed by atoms with E-state index in [1.165, 1.54) is 19.5 Å². The predicted molar refractivity (Wildman–Crippen MR) is 131 cm³/mol. The number of carbonyl (C=O) groups excluding carboxylic acids is 1. The zero-order chi connectivity index (χ0) is 23.4. The summed E-state index contributed by atoms with van der Waals surface area (Å²) in [6.07, 6.45) is 6.18. The maximum absolute atomic E-state index is 12.1. The van der Waals surface area contributed by atoms with Gasteiger partial charge in [-0.2, -0.15) is 0 Å². The molecular formula is C25H24ClN5O2. The van der Waals surface area contributed by atoms with Crippen LogP contribution in [0.2, 0.25) is 5.15 Å². The third kappa shape index (κ3) is 4.59. The summed E-state index contributed by atoms with van der Waals surface area (Å²) in [7, 11) is 3.11. The number of ether oxygens (including phenoxy) is 1. The molecule has 0 aliphatic heterocycles. The van der Waals surface area contributed by atoms with Crippen LogP contribution in [0.4, 0.5) is 5.82 Å². The van der Waals surface area contributed by atoms with E-state index in [2.05, 4.69) is 20.3 Å². The second-order valence-corrected chi connectivity index (χ2v) is 8.12. The first kappa shape index (κ1) is 22.5. The molecule has 1 heterocycles. The summed E-state index contributed by atoms with van der Waals surface area (Å²) in [4.78, 5) is 24.6. The van der Waals surface area contributed by atoms with Crippen LogP contribution in [-0.4, -0.2) is 35.9 Å². The minimum absolute atomic E-state index is 0.161. The number of benzene rings is 2. The number of hydrogen-bond acceptors (Lipinski definition) is 6. The summed E-state index contributed by atoms with van der Waals surface area (Å²) in [5.41, 5.74) is 10.2. The highest BCUT2D eigenvalue weighted by molar-refractivity contribution is 6.30. The van der Waals surface area contributed by atoms with Crippen molar-refractivity contribution < 1.29 is 9.53 Å². The highest BCUT2D eigenvalue weighted by Crippen LogP contribution is 2.49. The van der Waals surface area contributed by atoms with Gasteiger partial charge in [0.25, 0.3) is 0 Å². The van der Waals surface area contributed by atoms with Gasteiger partial charge in [-0.1, -0.05) is 60.1 Å². The number of esters is 1. The molecule has 1 fully saturated rings.